The van der Waals surface area contributed by atoms with Gasteiger partial charge in [0.25, 0.3) is 0 Å². The third-order valence-electron chi connectivity index (χ3n) is 3.24. The number of hydrogen-bond donors (Lipinski definition) is 4. The molecule has 2 aromatic rings. The molecule has 0 aliphatic carbocycles. The molecule has 0 bridgehead atoms. The summed E-state index contributed by atoms with van der Waals surface area (Å²) in [7, 11) is 0. The van der Waals surface area contributed by atoms with Gasteiger partial charge in [0.05, 0.1) is 6.10 Å². The maximum atomic E-state index is 10.1. The number of aliphatic hydroxyl groups is 1. The average molecular weight is 285 g/mol. The predicted octanol–water partition coefficient (Wildman–Crippen LogP) is 1.60. The van der Waals surface area contributed by atoms with E-state index in [1.807, 2.05) is 48.5 Å². The lowest BCUT2D eigenvalue weighted by Crippen LogP contribution is -2.23. The van der Waals surface area contributed by atoms with E-state index < -0.39 is 6.10 Å². The highest BCUT2D eigenvalue weighted by molar-refractivity contribution is 5.98. The second-order valence-corrected chi connectivity index (χ2v) is 4.70. The highest BCUT2D eigenvalue weighted by Crippen LogP contribution is 2.12. The largest absolute Gasteiger partial charge is 0.409 e. The predicted molar refractivity (Wildman–Crippen MR) is 82.1 cm³/mol. The van der Waals surface area contributed by atoms with Crippen LogP contribution in [0.5, 0.6) is 0 Å². The quantitative estimate of drug-likeness (QED) is 0.281. The van der Waals surface area contributed by atoms with Crippen LogP contribution in [0.3, 0.4) is 0 Å². The SMILES string of the molecule is NC(=NO)c1ccccc1CNCC(O)c1ccccc1. The molecule has 110 valence electrons. The Labute approximate surface area is 123 Å². The van der Waals surface area contributed by atoms with E-state index in [4.69, 9.17) is 10.9 Å². The first kappa shape index (κ1) is 15.0. The summed E-state index contributed by atoms with van der Waals surface area (Å²) in [6.07, 6.45) is -0.567. The molecule has 5 N–H and O–H groups in total. The summed E-state index contributed by atoms with van der Waals surface area (Å²) >= 11 is 0. The monoisotopic (exact) mass is 285 g/mol. The molecule has 0 saturated heterocycles. The van der Waals surface area contributed by atoms with Crippen molar-refractivity contribution in [3.63, 3.8) is 0 Å². The van der Waals surface area contributed by atoms with Crippen LogP contribution in [0.1, 0.15) is 22.8 Å². The van der Waals surface area contributed by atoms with Crippen LogP contribution in [-0.4, -0.2) is 22.7 Å². The van der Waals surface area contributed by atoms with Crippen LogP contribution < -0.4 is 11.1 Å². The second-order valence-electron chi connectivity index (χ2n) is 4.70. The number of aliphatic hydroxyl groups excluding tert-OH is 1. The Morgan fingerprint density at radius 1 is 1.10 bits per heavy atom. The van der Waals surface area contributed by atoms with Crippen molar-refractivity contribution >= 4 is 5.84 Å². The Kier molecular flexibility index (Phi) is 5.31. The van der Waals surface area contributed by atoms with Gasteiger partial charge < -0.3 is 21.4 Å². The topological polar surface area (TPSA) is 90.9 Å². The first-order chi connectivity index (χ1) is 10.2. The molecule has 0 fully saturated rings. The van der Waals surface area contributed by atoms with E-state index in [0.717, 1.165) is 11.1 Å². The van der Waals surface area contributed by atoms with Crippen LogP contribution in [0.4, 0.5) is 0 Å². The fourth-order valence-corrected chi connectivity index (χ4v) is 2.11. The third kappa shape index (κ3) is 4.05. The van der Waals surface area contributed by atoms with Crippen molar-refractivity contribution in [1.29, 1.82) is 0 Å². The smallest absolute Gasteiger partial charge is 0.170 e. The first-order valence-corrected chi connectivity index (χ1v) is 6.72. The molecular weight excluding hydrogens is 266 g/mol. The standard InChI is InChI=1S/C16H19N3O2/c17-16(19-21)14-9-5-4-8-13(14)10-18-11-15(20)12-6-2-1-3-7-12/h1-9,15,18,20-21H,10-11H2,(H2,17,19). The zero-order chi connectivity index (χ0) is 15.1. The van der Waals surface area contributed by atoms with Gasteiger partial charge in [0.2, 0.25) is 0 Å². The fraction of sp³-hybridized carbons (Fsp3) is 0.188. The van der Waals surface area contributed by atoms with Gasteiger partial charge in [-0.05, 0) is 11.1 Å². The normalized spacial score (nSPS) is 13.1. The highest BCUT2D eigenvalue weighted by atomic mass is 16.4. The van der Waals surface area contributed by atoms with E-state index in [1.54, 1.807) is 6.07 Å². The lowest BCUT2D eigenvalue weighted by molar-refractivity contribution is 0.174. The number of rotatable bonds is 6. The maximum absolute atomic E-state index is 10.1. The minimum Gasteiger partial charge on any atom is -0.409 e. The van der Waals surface area contributed by atoms with E-state index in [1.165, 1.54) is 0 Å². The molecule has 0 saturated carbocycles. The summed E-state index contributed by atoms with van der Waals surface area (Å²) in [5.74, 6) is 0.0796. The summed E-state index contributed by atoms with van der Waals surface area (Å²) in [6, 6.07) is 16.9. The number of nitrogens with two attached hydrogens (primary N) is 1. The average Bonchev–Trinajstić information content (AvgIpc) is 2.55. The summed E-state index contributed by atoms with van der Waals surface area (Å²) in [5.41, 5.74) is 8.10. The van der Waals surface area contributed by atoms with Gasteiger partial charge in [-0.25, -0.2) is 0 Å². The molecular formula is C16H19N3O2. The lowest BCUT2D eigenvalue weighted by atomic mass is 10.1. The highest BCUT2D eigenvalue weighted by Gasteiger charge is 2.08. The molecule has 0 spiro atoms. The molecule has 0 heterocycles. The molecule has 0 amide bonds. The first-order valence-electron chi connectivity index (χ1n) is 6.72. The van der Waals surface area contributed by atoms with Crippen LogP contribution in [-0.2, 0) is 6.54 Å². The van der Waals surface area contributed by atoms with E-state index in [2.05, 4.69) is 10.5 Å². The van der Waals surface area contributed by atoms with Crippen molar-refractivity contribution in [2.24, 2.45) is 10.9 Å². The Balaban J connectivity index is 1.95. The molecule has 5 nitrogen and oxygen atoms in total. The minimum atomic E-state index is -0.567. The molecule has 0 aromatic heterocycles. The molecule has 0 aliphatic heterocycles. The minimum absolute atomic E-state index is 0.0796. The molecule has 2 aromatic carbocycles. The molecule has 1 atom stereocenters. The number of nitrogens with zero attached hydrogens (tertiary/aromatic N) is 1. The van der Waals surface area contributed by atoms with Crippen LogP contribution >= 0.6 is 0 Å². The van der Waals surface area contributed by atoms with Gasteiger partial charge in [-0.1, -0.05) is 59.8 Å². The summed E-state index contributed by atoms with van der Waals surface area (Å²) in [6.45, 7) is 0.949. The molecule has 2 rings (SSSR count). The Hall–Kier alpha value is -2.37. The van der Waals surface area contributed by atoms with Gasteiger partial charge in [0.1, 0.15) is 0 Å². The molecule has 0 aliphatic rings. The van der Waals surface area contributed by atoms with Crippen LogP contribution in [0.25, 0.3) is 0 Å². The van der Waals surface area contributed by atoms with Gasteiger partial charge in [-0.15, -0.1) is 0 Å². The van der Waals surface area contributed by atoms with Gasteiger partial charge in [0, 0.05) is 18.7 Å². The molecule has 21 heavy (non-hydrogen) atoms. The van der Waals surface area contributed by atoms with E-state index in [9.17, 15) is 5.11 Å². The lowest BCUT2D eigenvalue weighted by Gasteiger charge is -2.13. The van der Waals surface area contributed by atoms with Crippen LogP contribution in [0.15, 0.2) is 59.8 Å². The molecule has 0 radical (unpaired) electrons. The third-order valence-corrected chi connectivity index (χ3v) is 3.24. The van der Waals surface area contributed by atoms with Gasteiger partial charge in [-0.2, -0.15) is 0 Å². The Morgan fingerprint density at radius 2 is 1.76 bits per heavy atom. The number of nitrogens with one attached hydrogen (secondary N) is 1. The van der Waals surface area contributed by atoms with E-state index in [0.29, 0.717) is 18.7 Å². The van der Waals surface area contributed by atoms with E-state index in [-0.39, 0.29) is 5.84 Å². The van der Waals surface area contributed by atoms with Crippen molar-refractivity contribution in [3.8, 4) is 0 Å². The van der Waals surface area contributed by atoms with Crippen LogP contribution in [0, 0.1) is 0 Å². The van der Waals surface area contributed by atoms with Crippen molar-refractivity contribution < 1.29 is 10.3 Å². The Morgan fingerprint density at radius 3 is 2.48 bits per heavy atom. The molecule has 1 unspecified atom stereocenters. The zero-order valence-corrected chi connectivity index (χ0v) is 11.6. The van der Waals surface area contributed by atoms with E-state index >= 15 is 0 Å². The van der Waals surface area contributed by atoms with Gasteiger partial charge in [0.15, 0.2) is 5.84 Å². The number of amidine groups is 1. The summed E-state index contributed by atoms with van der Waals surface area (Å²) < 4.78 is 0. The van der Waals surface area contributed by atoms with Crippen LogP contribution in [0.2, 0.25) is 0 Å². The molecule has 5 heteroatoms. The fourth-order valence-electron chi connectivity index (χ4n) is 2.11. The Bertz CT molecular complexity index is 599. The number of benzene rings is 2. The van der Waals surface area contributed by atoms with Gasteiger partial charge in [-0.3, -0.25) is 0 Å². The number of oxime groups is 1. The zero-order valence-electron chi connectivity index (χ0n) is 11.6. The second kappa shape index (κ2) is 7.42. The van der Waals surface area contributed by atoms with Crippen molar-refractivity contribution in [3.05, 3.63) is 71.3 Å². The van der Waals surface area contributed by atoms with Gasteiger partial charge >= 0.3 is 0 Å². The van der Waals surface area contributed by atoms with Crippen molar-refractivity contribution in [2.75, 3.05) is 6.54 Å². The summed E-state index contributed by atoms with van der Waals surface area (Å²) in [4.78, 5) is 0. The van der Waals surface area contributed by atoms with Crippen molar-refractivity contribution in [2.45, 2.75) is 12.6 Å². The van der Waals surface area contributed by atoms with Crippen molar-refractivity contribution in [1.82, 2.24) is 5.32 Å². The number of hydrogen-bond acceptors (Lipinski definition) is 4. The maximum Gasteiger partial charge on any atom is 0.170 e. The summed E-state index contributed by atoms with van der Waals surface area (Å²) in [5, 5.41) is 25.1.